The number of benzene rings is 1. The fourth-order valence-electron chi connectivity index (χ4n) is 2.83. The summed E-state index contributed by atoms with van der Waals surface area (Å²) in [5.41, 5.74) is -5.15. The minimum atomic E-state index is -4.99. The van der Waals surface area contributed by atoms with E-state index in [1.54, 1.807) is 0 Å². The molecule has 1 aromatic carbocycles. The Morgan fingerprint density at radius 2 is 1.79 bits per heavy atom. The van der Waals surface area contributed by atoms with Gasteiger partial charge in [-0.15, -0.1) is 0 Å². The monoisotopic (exact) mass is 509 g/mol. The summed E-state index contributed by atoms with van der Waals surface area (Å²) in [6.07, 6.45) is -6.22. The average Bonchev–Trinajstić information content (AvgIpc) is 2.75. The van der Waals surface area contributed by atoms with Crippen LogP contribution in [0.25, 0.3) is 5.69 Å². The first-order valence-corrected chi connectivity index (χ1v) is 9.98. The second-order valence-corrected chi connectivity index (χ2v) is 7.61. The Balaban J connectivity index is 2.39. The molecule has 2 unspecified atom stereocenters. The fourth-order valence-corrected chi connectivity index (χ4v) is 3.02. The number of halogens is 5. The molecular formula is C20H20ClF4N3O6. The third kappa shape index (κ3) is 5.76. The van der Waals surface area contributed by atoms with Crippen LogP contribution in [0.5, 0.6) is 5.75 Å². The molecule has 2 rings (SSSR count). The normalized spacial score (nSPS) is 13.2. The Hall–Kier alpha value is -3.35. The van der Waals surface area contributed by atoms with E-state index in [2.05, 4.69) is 10.1 Å². The molecule has 0 aliphatic heterocycles. The number of ether oxygens (including phenoxy) is 2. The molecule has 34 heavy (non-hydrogen) atoms. The highest BCUT2D eigenvalue weighted by Crippen LogP contribution is 2.30. The number of nitrogens with zero attached hydrogens (tertiary/aromatic N) is 2. The lowest BCUT2D eigenvalue weighted by Crippen LogP contribution is -2.41. The summed E-state index contributed by atoms with van der Waals surface area (Å²) in [7, 11) is 1.96. The standard InChI is InChI=1S/C20H20ClF4N3O6/c1-9(18(31)33-4)8-26-17(30)10(2)34-14-6-13(12(22)5-11(14)21)28-16(29)7-15(20(23,24)25)27(3)19(28)32/h5-7,9-10H,8H2,1-4H3,(H,26,30). The van der Waals surface area contributed by atoms with Gasteiger partial charge in [0.2, 0.25) is 0 Å². The predicted octanol–water partition coefficient (Wildman–Crippen LogP) is 2.04. The molecule has 0 radical (unpaired) electrons. The van der Waals surface area contributed by atoms with Crippen LogP contribution in [-0.4, -0.2) is 40.8 Å². The Kier molecular flexibility index (Phi) is 8.14. The van der Waals surface area contributed by atoms with Gasteiger partial charge < -0.3 is 14.8 Å². The summed E-state index contributed by atoms with van der Waals surface area (Å²) in [6, 6.07) is 1.64. The van der Waals surface area contributed by atoms with Gasteiger partial charge >= 0.3 is 17.8 Å². The minimum Gasteiger partial charge on any atom is -0.479 e. The average molecular weight is 510 g/mol. The lowest BCUT2D eigenvalue weighted by Gasteiger charge is -2.18. The second-order valence-electron chi connectivity index (χ2n) is 7.21. The molecule has 0 saturated heterocycles. The zero-order valence-corrected chi connectivity index (χ0v) is 19.1. The van der Waals surface area contributed by atoms with Crippen molar-refractivity contribution < 1.29 is 36.6 Å². The number of aromatic nitrogens is 2. The highest BCUT2D eigenvalue weighted by molar-refractivity contribution is 6.32. The second kappa shape index (κ2) is 10.3. The van der Waals surface area contributed by atoms with Crippen LogP contribution in [0.3, 0.4) is 0 Å². The van der Waals surface area contributed by atoms with E-state index in [4.69, 9.17) is 16.3 Å². The maximum atomic E-state index is 14.6. The van der Waals surface area contributed by atoms with Crippen molar-refractivity contribution in [1.29, 1.82) is 0 Å². The number of hydrogen-bond donors (Lipinski definition) is 1. The van der Waals surface area contributed by atoms with Crippen LogP contribution in [-0.2, 0) is 27.5 Å². The molecular weight excluding hydrogens is 490 g/mol. The van der Waals surface area contributed by atoms with Gasteiger partial charge in [-0.25, -0.2) is 13.8 Å². The first kappa shape index (κ1) is 26.9. The molecule has 186 valence electrons. The lowest BCUT2D eigenvalue weighted by atomic mass is 10.2. The molecule has 9 nitrogen and oxygen atoms in total. The number of hydrogen-bond acceptors (Lipinski definition) is 6. The number of esters is 1. The van der Waals surface area contributed by atoms with Crippen LogP contribution in [0, 0.1) is 11.7 Å². The summed E-state index contributed by atoms with van der Waals surface area (Å²) < 4.78 is 64.0. The quantitative estimate of drug-likeness (QED) is 0.452. The van der Waals surface area contributed by atoms with Gasteiger partial charge in [-0.2, -0.15) is 13.2 Å². The van der Waals surface area contributed by atoms with Gasteiger partial charge in [-0.3, -0.25) is 19.0 Å². The van der Waals surface area contributed by atoms with Gasteiger partial charge in [0.15, 0.2) is 6.10 Å². The van der Waals surface area contributed by atoms with Crippen molar-refractivity contribution in [2.75, 3.05) is 13.7 Å². The van der Waals surface area contributed by atoms with E-state index >= 15 is 0 Å². The van der Waals surface area contributed by atoms with E-state index in [-0.39, 0.29) is 32.5 Å². The Morgan fingerprint density at radius 1 is 1.18 bits per heavy atom. The smallest absolute Gasteiger partial charge is 0.431 e. The van der Waals surface area contributed by atoms with Gasteiger partial charge in [0.05, 0.1) is 23.7 Å². The van der Waals surface area contributed by atoms with Gasteiger partial charge in [0.1, 0.15) is 17.3 Å². The SMILES string of the molecule is COC(=O)C(C)CNC(=O)C(C)Oc1cc(-n2c(=O)cc(C(F)(F)F)n(C)c2=O)c(F)cc1Cl. The van der Waals surface area contributed by atoms with Gasteiger partial charge in [-0.05, 0) is 13.0 Å². The molecule has 0 aliphatic rings. The van der Waals surface area contributed by atoms with Crippen LogP contribution in [0.1, 0.15) is 19.5 Å². The maximum Gasteiger partial charge on any atom is 0.431 e. The number of carbonyl (C=O) groups is 2. The molecule has 0 aliphatic carbocycles. The van der Waals surface area contributed by atoms with Gasteiger partial charge in [0, 0.05) is 25.7 Å². The molecule has 0 spiro atoms. The van der Waals surface area contributed by atoms with Crippen molar-refractivity contribution >= 4 is 23.5 Å². The van der Waals surface area contributed by atoms with Crippen molar-refractivity contribution in [2.45, 2.75) is 26.1 Å². The summed E-state index contributed by atoms with van der Waals surface area (Å²) >= 11 is 5.94. The number of amides is 1. The van der Waals surface area contributed by atoms with Crippen molar-refractivity contribution in [3.63, 3.8) is 0 Å². The van der Waals surface area contributed by atoms with E-state index in [0.29, 0.717) is 6.07 Å². The van der Waals surface area contributed by atoms with Gasteiger partial charge in [-0.1, -0.05) is 18.5 Å². The van der Waals surface area contributed by atoms with Crippen LogP contribution < -0.4 is 21.3 Å². The van der Waals surface area contributed by atoms with Crippen LogP contribution in [0.2, 0.25) is 5.02 Å². The summed E-state index contributed by atoms with van der Waals surface area (Å²) in [6.45, 7) is 2.75. The molecule has 1 aromatic heterocycles. The molecule has 1 N–H and O–H groups in total. The van der Waals surface area contributed by atoms with E-state index in [1.165, 1.54) is 21.0 Å². The number of nitrogens with one attached hydrogen (secondary N) is 1. The van der Waals surface area contributed by atoms with Crippen molar-refractivity contribution in [2.24, 2.45) is 13.0 Å². The third-order valence-corrected chi connectivity index (χ3v) is 5.01. The van der Waals surface area contributed by atoms with E-state index < -0.39 is 58.5 Å². The van der Waals surface area contributed by atoms with Gasteiger partial charge in [0.25, 0.3) is 11.5 Å². The Morgan fingerprint density at radius 3 is 2.35 bits per heavy atom. The number of methoxy groups -OCH3 is 1. The molecule has 0 fully saturated rings. The summed E-state index contributed by atoms with van der Waals surface area (Å²) in [5.74, 6) is -3.40. The summed E-state index contributed by atoms with van der Waals surface area (Å²) in [4.78, 5) is 48.4. The highest BCUT2D eigenvalue weighted by atomic mass is 35.5. The molecule has 1 amide bonds. The molecule has 2 aromatic rings. The maximum absolute atomic E-state index is 14.6. The van der Waals surface area contributed by atoms with Crippen molar-refractivity contribution in [1.82, 2.24) is 14.5 Å². The zero-order chi connectivity index (χ0) is 26.0. The zero-order valence-electron chi connectivity index (χ0n) is 18.3. The number of carbonyl (C=O) groups excluding carboxylic acids is 2. The molecule has 1 heterocycles. The number of alkyl halides is 3. The van der Waals surface area contributed by atoms with Crippen LogP contribution in [0.15, 0.2) is 27.8 Å². The van der Waals surface area contributed by atoms with E-state index in [1.807, 2.05) is 0 Å². The van der Waals surface area contributed by atoms with Crippen molar-refractivity contribution in [3.8, 4) is 11.4 Å². The number of rotatable bonds is 7. The molecule has 14 heteroatoms. The largest absolute Gasteiger partial charge is 0.479 e. The Bertz CT molecular complexity index is 1220. The van der Waals surface area contributed by atoms with E-state index in [0.717, 1.165) is 13.1 Å². The third-order valence-electron chi connectivity index (χ3n) is 4.71. The predicted molar refractivity (Wildman–Crippen MR) is 112 cm³/mol. The molecule has 2 atom stereocenters. The van der Waals surface area contributed by atoms with Crippen molar-refractivity contribution in [3.05, 3.63) is 55.6 Å². The highest BCUT2D eigenvalue weighted by Gasteiger charge is 2.35. The molecule has 0 saturated carbocycles. The van der Waals surface area contributed by atoms with E-state index in [9.17, 15) is 36.7 Å². The lowest BCUT2D eigenvalue weighted by molar-refractivity contribution is -0.145. The van der Waals surface area contributed by atoms with Crippen LogP contribution >= 0.6 is 11.6 Å². The first-order valence-electron chi connectivity index (χ1n) is 9.60. The minimum absolute atomic E-state index is 0.0708. The summed E-state index contributed by atoms with van der Waals surface area (Å²) in [5, 5.41) is 2.11. The Labute approximate surface area is 194 Å². The van der Waals surface area contributed by atoms with Crippen LogP contribution in [0.4, 0.5) is 17.6 Å². The first-order chi connectivity index (χ1) is 15.7. The fraction of sp³-hybridized carbons (Fsp3) is 0.400. The topological polar surface area (TPSA) is 109 Å². The molecule has 0 bridgehead atoms.